The van der Waals surface area contributed by atoms with E-state index in [-0.39, 0.29) is 59.1 Å². The molecule has 0 heterocycles. The van der Waals surface area contributed by atoms with Gasteiger partial charge in [0.25, 0.3) is 0 Å². The summed E-state index contributed by atoms with van der Waals surface area (Å²) in [6, 6.07) is 0. The Kier molecular flexibility index (Phi) is 10.6. The van der Waals surface area contributed by atoms with Gasteiger partial charge in [-0.1, -0.05) is 0 Å². The average Bonchev–Trinajstić information content (AvgIpc) is 2.15. The molecule has 110 valence electrons. The van der Waals surface area contributed by atoms with Crippen LogP contribution >= 0.6 is 0 Å². The average molecular weight is 374 g/mol. The SMILES string of the molecule is O=S([O-])C(F)(F)C(F)(F)C(F)(F)C(F)(F)S(=O)[O-].[Na+].[Na+]. The number of alkyl halides is 8. The van der Waals surface area contributed by atoms with E-state index in [4.69, 9.17) is 0 Å². The van der Waals surface area contributed by atoms with E-state index in [0.29, 0.717) is 0 Å². The summed E-state index contributed by atoms with van der Waals surface area (Å²) in [7, 11) is 0. The summed E-state index contributed by atoms with van der Waals surface area (Å²) in [6.45, 7) is 0. The maximum atomic E-state index is 12.4. The first kappa shape index (κ1) is 26.6. The molecule has 20 heavy (non-hydrogen) atoms. The molecular weight excluding hydrogens is 374 g/mol. The molecular formula is C4F8Na2O4S2. The molecule has 0 saturated carbocycles. The number of halogens is 8. The van der Waals surface area contributed by atoms with Gasteiger partial charge in [0.05, 0.1) is 0 Å². The second kappa shape index (κ2) is 7.97. The minimum Gasteiger partial charge on any atom is -0.768 e. The Morgan fingerprint density at radius 2 is 0.750 bits per heavy atom. The van der Waals surface area contributed by atoms with Crippen LogP contribution in [-0.4, -0.2) is 39.9 Å². The van der Waals surface area contributed by atoms with Crippen molar-refractivity contribution in [1.82, 2.24) is 0 Å². The fraction of sp³-hybridized carbons (Fsp3) is 1.00. The first-order valence-electron chi connectivity index (χ1n) is 3.34. The number of hydrogen-bond donors (Lipinski definition) is 0. The van der Waals surface area contributed by atoms with Crippen LogP contribution in [0, 0.1) is 0 Å². The van der Waals surface area contributed by atoms with Crippen LogP contribution in [-0.2, 0) is 22.2 Å². The molecule has 0 fully saturated rings. The predicted molar refractivity (Wildman–Crippen MR) is 37.6 cm³/mol. The molecule has 0 rings (SSSR count). The van der Waals surface area contributed by atoms with Crippen LogP contribution in [0.2, 0.25) is 0 Å². The third kappa shape index (κ3) is 4.14. The molecule has 0 aromatic rings. The van der Waals surface area contributed by atoms with Gasteiger partial charge in [0.2, 0.25) is 0 Å². The zero-order valence-corrected chi connectivity index (χ0v) is 15.1. The van der Waals surface area contributed by atoms with Gasteiger partial charge in [-0.05, 0) is 0 Å². The van der Waals surface area contributed by atoms with Gasteiger partial charge in [-0.15, -0.1) is 0 Å². The molecule has 0 saturated heterocycles. The van der Waals surface area contributed by atoms with Crippen LogP contribution in [0.3, 0.4) is 0 Å². The Morgan fingerprint density at radius 1 is 0.600 bits per heavy atom. The summed E-state index contributed by atoms with van der Waals surface area (Å²) in [5, 5.41) is -13.2. The van der Waals surface area contributed by atoms with Gasteiger partial charge in [-0.2, -0.15) is 35.1 Å². The Labute approximate surface area is 155 Å². The summed E-state index contributed by atoms with van der Waals surface area (Å²) in [5.74, 6) is -14.3. The van der Waals surface area contributed by atoms with Crippen molar-refractivity contribution in [2.45, 2.75) is 22.4 Å². The summed E-state index contributed by atoms with van der Waals surface area (Å²) >= 11 is -10.4. The zero-order valence-electron chi connectivity index (χ0n) is 9.47. The Bertz CT molecular complexity index is 355. The van der Waals surface area contributed by atoms with Crippen molar-refractivity contribution in [2.75, 3.05) is 0 Å². The molecule has 0 bridgehead atoms. The zero-order chi connectivity index (χ0) is 15.2. The van der Waals surface area contributed by atoms with Crippen molar-refractivity contribution < 1.29 is 112 Å². The van der Waals surface area contributed by atoms with E-state index in [1.165, 1.54) is 0 Å². The van der Waals surface area contributed by atoms with Crippen molar-refractivity contribution >= 4 is 22.2 Å². The minimum absolute atomic E-state index is 0. The molecule has 16 heteroatoms. The fourth-order valence-corrected chi connectivity index (χ4v) is 1.25. The monoisotopic (exact) mass is 374 g/mol. The van der Waals surface area contributed by atoms with Crippen molar-refractivity contribution in [3.63, 3.8) is 0 Å². The minimum atomic E-state index is -7.14. The molecule has 2 atom stereocenters. The fourth-order valence-electron chi connectivity index (χ4n) is 0.575. The second-order valence-corrected chi connectivity index (χ2v) is 4.62. The summed E-state index contributed by atoms with van der Waals surface area (Å²) in [4.78, 5) is 0. The predicted octanol–water partition coefficient (Wildman–Crippen LogP) is -4.79. The van der Waals surface area contributed by atoms with E-state index in [1.54, 1.807) is 0 Å². The van der Waals surface area contributed by atoms with E-state index in [9.17, 15) is 52.6 Å². The van der Waals surface area contributed by atoms with Crippen LogP contribution in [0.4, 0.5) is 35.1 Å². The van der Waals surface area contributed by atoms with Crippen LogP contribution in [0.1, 0.15) is 0 Å². The third-order valence-electron chi connectivity index (χ3n) is 1.54. The van der Waals surface area contributed by atoms with Gasteiger partial charge in [0.15, 0.2) is 0 Å². The molecule has 4 nitrogen and oxygen atoms in total. The van der Waals surface area contributed by atoms with Gasteiger partial charge in [-0.3, -0.25) is 8.42 Å². The summed E-state index contributed by atoms with van der Waals surface area (Å²) in [5.41, 5.74) is 0. The van der Waals surface area contributed by atoms with Gasteiger partial charge in [-0.25, -0.2) is 0 Å². The molecule has 0 amide bonds. The Balaban J connectivity index is -0.00000144. The van der Waals surface area contributed by atoms with E-state index in [1.807, 2.05) is 0 Å². The Morgan fingerprint density at radius 3 is 0.850 bits per heavy atom. The third-order valence-corrected chi connectivity index (χ3v) is 2.89. The van der Waals surface area contributed by atoms with Crippen LogP contribution in [0.25, 0.3) is 0 Å². The van der Waals surface area contributed by atoms with Crippen molar-refractivity contribution in [2.24, 2.45) is 0 Å². The van der Waals surface area contributed by atoms with Gasteiger partial charge >= 0.3 is 81.5 Å². The topological polar surface area (TPSA) is 80.3 Å². The maximum absolute atomic E-state index is 12.4. The van der Waals surface area contributed by atoms with Gasteiger partial charge < -0.3 is 9.11 Å². The molecule has 0 N–H and O–H groups in total. The van der Waals surface area contributed by atoms with Gasteiger partial charge in [0.1, 0.15) is 0 Å². The van der Waals surface area contributed by atoms with E-state index < -0.39 is 44.5 Å². The largest absolute Gasteiger partial charge is 1.00 e. The van der Waals surface area contributed by atoms with Crippen molar-refractivity contribution in [1.29, 1.82) is 0 Å². The van der Waals surface area contributed by atoms with Crippen molar-refractivity contribution in [3.8, 4) is 0 Å². The second-order valence-electron chi connectivity index (χ2n) is 2.65. The summed E-state index contributed by atoms with van der Waals surface area (Å²) in [6.07, 6.45) is 0. The van der Waals surface area contributed by atoms with E-state index in [0.717, 1.165) is 0 Å². The molecule has 0 radical (unpaired) electrons. The molecule has 0 aliphatic heterocycles. The number of hydrogen-bond acceptors (Lipinski definition) is 4. The van der Waals surface area contributed by atoms with E-state index in [2.05, 4.69) is 0 Å². The van der Waals surface area contributed by atoms with Crippen LogP contribution in [0.15, 0.2) is 0 Å². The molecule has 0 aromatic heterocycles. The standard InChI is InChI=1S/C4H2F8O4S2.2Na/c5-1(6,3(9,10)17(13)14)2(7,8)4(11,12)18(15)16;;/h(H,13,14)(H,15,16);;/q;2*+1/p-2. The molecule has 0 aromatic carbocycles. The maximum Gasteiger partial charge on any atom is 1.00 e. The molecule has 2 unspecified atom stereocenters. The normalized spacial score (nSPS) is 16.7. The smallest absolute Gasteiger partial charge is 0.768 e. The van der Waals surface area contributed by atoms with Crippen LogP contribution < -0.4 is 59.1 Å². The van der Waals surface area contributed by atoms with Crippen LogP contribution in [0.5, 0.6) is 0 Å². The van der Waals surface area contributed by atoms with Crippen molar-refractivity contribution in [3.05, 3.63) is 0 Å². The number of rotatable bonds is 5. The first-order valence-corrected chi connectivity index (χ1v) is 5.49. The molecule has 0 spiro atoms. The van der Waals surface area contributed by atoms with Gasteiger partial charge in [0, 0.05) is 22.2 Å². The summed E-state index contributed by atoms with van der Waals surface area (Å²) < 4.78 is 137. The molecule has 0 aliphatic carbocycles. The van der Waals surface area contributed by atoms with E-state index >= 15 is 0 Å². The molecule has 0 aliphatic rings. The quantitative estimate of drug-likeness (QED) is 0.275. The first-order chi connectivity index (χ1) is 7.64. The Hall–Kier alpha value is 1.66.